The standard InChI is InChI=1S/C59H38N2O2/c1-5-17-39(18-6-1)41-21-15-23-43(35-41)51-38-52(61-58(60-51)45-24-16-22-42(36-45)40-19-7-2-8-20-40)44-31-33-53-55(37-44)62-54-34-32-50-56(57(54)63-53)48-29-13-14-30-49(48)59(50,46-25-9-3-10-26-46)47-27-11-4-12-28-47/h1-38H. The van der Waals surface area contributed by atoms with E-state index in [1.165, 1.54) is 16.7 Å². The first kappa shape index (κ1) is 36.5. The number of rotatable bonds is 7. The Labute approximate surface area is 366 Å². The summed E-state index contributed by atoms with van der Waals surface area (Å²) < 4.78 is 13.8. The highest BCUT2D eigenvalue weighted by atomic mass is 16.6. The number of benzene rings is 9. The van der Waals surface area contributed by atoms with Crippen molar-refractivity contribution in [3.05, 3.63) is 253 Å². The van der Waals surface area contributed by atoms with Crippen LogP contribution in [-0.4, -0.2) is 9.97 Å². The second kappa shape index (κ2) is 15.0. The SMILES string of the molecule is c1ccc(-c2cccc(-c3cc(-c4ccc5c(c4)Oc4ccc6c(c4O5)-c4ccccc4C6(c4ccccc4)c4ccccc4)nc(-c4cccc(-c5ccccc5)c4)n3)c2)cc1. The smallest absolute Gasteiger partial charge is 0.178 e. The number of hydrogen-bond donors (Lipinski definition) is 0. The Balaban J connectivity index is 0.973. The lowest BCUT2D eigenvalue weighted by molar-refractivity contribution is 0.360. The summed E-state index contributed by atoms with van der Waals surface area (Å²) in [6, 6.07) is 80.6. The molecular formula is C59H38N2O2. The molecule has 0 unspecified atom stereocenters. The molecule has 4 heteroatoms. The Morgan fingerprint density at radius 2 is 0.825 bits per heavy atom. The summed E-state index contributed by atoms with van der Waals surface area (Å²) in [5.41, 5.74) is 15.4. The predicted molar refractivity (Wildman–Crippen MR) is 253 cm³/mol. The maximum atomic E-state index is 6.97. The van der Waals surface area contributed by atoms with Gasteiger partial charge in [-0.25, -0.2) is 9.97 Å². The van der Waals surface area contributed by atoms with Gasteiger partial charge in [0.25, 0.3) is 0 Å². The van der Waals surface area contributed by atoms with E-state index in [-0.39, 0.29) is 0 Å². The van der Waals surface area contributed by atoms with Crippen molar-refractivity contribution >= 4 is 0 Å². The second-order valence-corrected chi connectivity index (χ2v) is 16.1. The molecule has 0 fully saturated rings. The number of aromatic nitrogens is 2. The molecule has 4 nitrogen and oxygen atoms in total. The predicted octanol–water partition coefficient (Wildman–Crippen LogP) is 15.1. The monoisotopic (exact) mass is 806 g/mol. The highest BCUT2D eigenvalue weighted by Gasteiger charge is 2.48. The molecule has 0 saturated carbocycles. The molecule has 0 atom stereocenters. The third-order valence-electron chi connectivity index (χ3n) is 12.4. The normalized spacial score (nSPS) is 12.8. The molecule has 2 heterocycles. The fourth-order valence-corrected chi connectivity index (χ4v) is 9.55. The summed E-state index contributed by atoms with van der Waals surface area (Å²) >= 11 is 0. The van der Waals surface area contributed by atoms with Gasteiger partial charge in [-0.15, -0.1) is 0 Å². The van der Waals surface area contributed by atoms with Gasteiger partial charge in [-0.05, 0) is 92.5 Å². The second-order valence-electron chi connectivity index (χ2n) is 16.1. The first-order valence-corrected chi connectivity index (χ1v) is 21.3. The molecule has 2 aliphatic rings. The molecule has 10 aromatic rings. The van der Waals surface area contributed by atoms with Crippen molar-refractivity contribution < 1.29 is 9.47 Å². The third-order valence-corrected chi connectivity index (χ3v) is 12.4. The highest BCUT2D eigenvalue weighted by molar-refractivity contribution is 5.92. The van der Waals surface area contributed by atoms with Crippen LogP contribution in [0.15, 0.2) is 231 Å². The van der Waals surface area contributed by atoms with Crippen LogP contribution in [0.1, 0.15) is 22.3 Å². The van der Waals surface area contributed by atoms with E-state index in [1.807, 2.05) is 24.3 Å². The zero-order chi connectivity index (χ0) is 41.7. The molecule has 0 amide bonds. The molecule has 1 aromatic heterocycles. The maximum absolute atomic E-state index is 6.97. The van der Waals surface area contributed by atoms with Crippen molar-refractivity contribution in [3.63, 3.8) is 0 Å². The zero-order valence-electron chi connectivity index (χ0n) is 34.2. The molecule has 296 valence electrons. The Kier molecular flexibility index (Phi) is 8.68. The minimum absolute atomic E-state index is 0.541. The zero-order valence-corrected chi connectivity index (χ0v) is 34.2. The van der Waals surface area contributed by atoms with Gasteiger partial charge in [-0.2, -0.15) is 0 Å². The lowest BCUT2D eigenvalue weighted by atomic mass is 9.68. The van der Waals surface area contributed by atoms with Gasteiger partial charge in [-0.3, -0.25) is 0 Å². The van der Waals surface area contributed by atoms with Gasteiger partial charge >= 0.3 is 0 Å². The summed E-state index contributed by atoms with van der Waals surface area (Å²) in [4.78, 5) is 10.5. The minimum Gasteiger partial charge on any atom is -0.449 e. The van der Waals surface area contributed by atoms with Gasteiger partial charge in [0.05, 0.1) is 16.8 Å². The Morgan fingerprint density at radius 1 is 0.317 bits per heavy atom. The van der Waals surface area contributed by atoms with E-state index >= 15 is 0 Å². The highest BCUT2D eigenvalue weighted by Crippen LogP contribution is 2.62. The largest absolute Gasteiger partial charge is 0.449 e. The summed E-state index contributed by atoms with van der Waals surface area (Å²) in [5, 5.41) is 0. The van der Waals surface area contributed by atoms with Gasteiger partial charge in [0.15, 0.2) is 28.8 Å². The maximum Gasteiger partial charge on any atom is 0.178 e. The molecule has 0 saturated heterocycles. The fourth-order valence-electron chi connectivity index (χ4n) is 9.55. The quantitative estimate of drug-likeness (QED) is 0.161. The van der Waals surface area contributed by atoms with E-state index in [0.29, 0.717) is 23.1 Å². The van der Waals surface area contributed by atoms with Crippen LogP contribution < -0.4 is 9.47 Å². The molecule has 12 rings (SSSR count). The summed E-state index contributed by atoms with van der Waals surface area (Å²) in [5.74, 6) is 3.30. The first-order chi connectivity index (χ1) is 31.2. The minimum atomic E-state index is -0.541. The molecule has 63 heavy (non-hydrogen) atoms. The summed E-state index contributed by atoms with van der Waals surface area (Å²) in [6.07, 6.45) is 0. The van der Waals surface area contributed by atoms with Crippen LogP contribution in [-0.2, 0) is 5.41 Å². The lowest BCUT2D eigenvalue weighted by Crippen LogP contribution is -2.28. The van der Waals surface area contributed by atoms with Crippen molar-refractivity contribution in [2.24, 2.45) is 0 Å². The number of ether oxygens (including phenoxy) is 2. The molecule has 0 radical (unpaired) electrons. The van der Waals surface area contributed by atoms with Crippen LogP contribution in [0.2, 0.25) is 0 Å². The average Bonchev–Trinajstić information content (AvgIpc) is 3.68. The van der Waals surface area contributed by atoms with Crippen molar-refractivity contribution in [2.45, 2.75) is 5.41 Å². The lowest BCUT2D eigenvalue weighted by Gasteiger charge is -2.34. The van der Waals surface area contributed by atoms with Gasteiger partial charge in [-0.1, -0.05) is 188 Å². The van der Waals surface area contributed by atoms with Gasteiger partial charge in [0, 0.05) is 22.3 Å². The van der Waals surface area contributed by atoms with Gasteiger partial charge < -0.3 is 9.47 Å². The van der Waals surface area contributed by atoms with E-state index in [1.54, 1.807) is 0 Å². The molecule has 1 aliphatic carbocycles. The van der Waals surface area contributed by atoms with Crippen LogP contribution in [0, 0.1) is 0 Å². The van der Waals surface area contributed by atoms with Crippen LogP contribution in [0.25, 0.3) is 67.3 Å². The van der Waals surface area contributed by atoms with Crippen molar-refractivity contribution in [2.75, 3.05) is 0 Å². The van der Waals surface area contributed by atoms with E-state index in [2.05, 4.69) is 206 Å². The number of hydrogen-bond acceptors (Lipinski definition) is 4. The molecule has 0 spiro atoms. The topological polar surface area (TPSA) is 44.2 Å². The van der Waals surface area contributed by atoms with Crippen molar-refractivity contribution in [1.29, 1.82) is 0 Å². The van der Waals surface area contributed by atoms with Crippen molar-refractivity contribution in [3.8, 4) is 90.3 Å². The summed E-state index contributed by atoms with van der Waals surface area (Å²) in [7, 11) is 0. The molecule has 1 aliphatic heterocycles. The van der Waals surface area contributed by atoms with Crippen LogP contribution >= 0.6 is 0 Å². The van der Waals surface area contributed by atoms with Crippen LogP contribution in [0.4, 0.5) is 0 Å². The van der Waals surface area contributed by atoms with Crippen LogP contribution in [0.3, 0.4) is 0 Å². The van der Waals surface area contributed by atoms with E-state index in [0.717, 1.165) is 72.8 Å². The number of nitrogens with zero attached hydrogens (tertiary/aromatic N) is 2. The average molecular weight is 807 g/mol. The first-order valence-electron chi connectivity index (χ1n) is 21.3. The van der Waals surface area contributed by atoms with E-state index in [4.69, 9.17) is 19.4 Å². The third kappa shape index (κ3) is 6.14. The Bertz CT molecular complexity index is 3190. The van der Waals surface area contributed by atoms with Gasteiger partial charge in [0.1, 0.15) is 0 Å². The summed E-state index contributed by atoms with van der Waals surface area (Å²) in [6.45, 7) is 0. The van der Waals surface area contributed by atoms with Crippen LogP contribution in [0.5, 0.6) is 23.0 Å². The molecule has 0 N–H and O–H groups in total. The Hall–Kier alpha value is -8.34. The Morgan fingerprint density at radius 3 is 1.48 bits per heavy atom. The van der Waals surface area contributed by atoms with Crippen molar-refractivity contribution in [1.82, 2.24) is 9.97 Å². The number of fused-ring (bicyclic) bond motifs is 6. The van der Waals surface area contributed by atoms with E-state index < -0.39 is 5.41 Å². The van der Waals surface area contributed by atoms with E-state index in [9.17, 15) is 0 Å². The van der Waals surface area contributed by atoms with Gasteiger partial charge in [0.2, 0.25) is 0 Å². The molecule has 0 bridgehead atoms. The fraction of sp³-hybridized carbons (Fsp3) is 0.0169. The molecular weight excluding hydrogens is 769 g/mol. The molecule has 9 aromatic carbocycles.